The summed E-state index contributed by atoms with van der Waals surface area (Å²) in [7, 11) is 0. The van der Waals surface area contributed by atoms with Crippen molar-refractivity contribution in [3.8, 4) is 22.8 Å². The van der Waals surface area contributed by atoms with Gasteiger partial charge in [0.1, 0.15) is 12.7 Å². The summed E-state index contributed by atoms with van der Waals surface area (Å²) in [6.45, 7) is 1.31. The fraction of sp³-hybridized carbons (Fsp3) is 0.296. The van der Waals surface area contributed by atoms with Gasteiger partial charge in [0.15, 0.2) is 11.5 Å². The Morgan fingerprint density at radius 3 is 2.31 bits per heavy atom. The molecular weight excluding hydrogens is 525 g/mol. The minimum absolute atomic E-state index is 0.0334. The second kappa shape index (κ2) is 13.5. The number of oxazole rings is 1. The molecule has 36 heavy (non-hydrogen) atoms. The van der Waals surface area contributed by atoms with Gasteiger partial charge in [0, 0.05) is 24.0 Å². The molecule has 2 aromatic carbocycles. The SMILES string of the molecule is CC(CC/C=C/C(=O)CCc1nc(-c2ccccc2)oc1-c1ccccc1)OC(=O)OCC(Cl)(Cl)Cl. The zero-order chi connectivity index (χ0) is 26.0. The number of ketones is 1. The van der Waals surface area contributed by atoms with Gasteiger partial charge in [-0.05, 0) is 38.0 Å². The van der Waals surface area contributed by atoms with Crippen molar-refractivity contribution in [3.05, 3.63) is 78.5 Å². The molecule has 1 aromatic heterocycles. The molecule has 0 saturated heterocycles. The molecule has 1 unspecified atom stereocenters. The van der Waals surface area contributed by atoms with Gasteiger partial charge in [0.25, 0.3) is 0 Å². The first kappa shape index (κ1) is 27.8. The molecule has 0 aliphatic heterocycles. The van der Waals surface area contributed by atoms with Crippen LogP contribution in [0.15, 0.2) is 77.2 Å². The smallest absolute Gasteiger partial charge is 0.436 e. The van der Waals surface area contributed by atoms with E-state index in [1.165, 1.54) is 6.08 Å². The van der Waals surface area contributed by atoms with E-state index in [9.17, 15) is 9.59 Å². The van der Waals surface area contributed by atoms with Gasteiger partial charge in [-0.25, -0.2) is 9.78 Å². The van der Waals surface area contributed by atoms with Crippen molar-refractivity contribution in [2.45, 2.75) is 42.5 Å². The highest BCUT2D eigenvalue weighted by atomic mass is 35.6. The van der Waals surface area contributed by atoms with Gasteiger partial charge >= 0.3 is 6.16 Å². The number of halogens is 3. The Morgan fingerprint density at radius 1 is 1.03 bits per heavy atom. The number of benzene rings is 2. The second-order valence-corrected chi connectivity index (χ2v) is 10.6. The summed E-state index contributed by atoms with van der Waals surface area (Å²) in [5.41, 5.74) is 2.52. The first-order valence-corrected chi connectivity index (χ1v) is 12.5. The lowest BCUT2D eigenvalue weighted by atomic mass is 10.1. The summed E-state index contributed by atoms with van der Waals surface area (Å²) in [6, 6.07) is 19.4. The van der Waals surface area contributed by atoms with Crippen molar-refractivity contribution >= 4 is 46.7 Å². The number of hydrogen-bond acceptors (Lipinski definition) is 6. The number of nitrogens with zero attached hydrogens (tertiary/aromatic N) is 1. The number of alkyl halides is 3. The van der Waals surface area contributed by atoms with Gasteiger partial charge in [-0.1, -0.05) is 89.4 Å². The van der Waals surface area contributed by atoms with Gasteiger partial charge in [0.05, 0.1) is 5.69 Å². The highest BCUT2D eigenvalue weighted by Gasteiger charge is 2.23. The van der Waals surface area contributed by atoms with E-state index in [0.29, 0.717) is 30.9 Å². The molecule has 0 saturated carbocycles. The minimum atomic E-state index is -1.69. The molecule has 0 spiro atoms. The summed E-state index contributed by atoms with van der Waals surface area (Å²) in [4.78, 5) is 28.7. The molecule has 0 bridgehead atoms. The Hall–Kier alpha value is -2.80. The third-order valence-corrected chi connectivity index (χ3v) is 5.38. The number of hydrogen-bond donors (Lipinski definition) is 0. The second-order valence-electron chi connectivity index (χ2n) is 8.06. The van der Waals surface area contributed by atoms with E-state index in [4.69, 9.17) is 48.7 Å². The van der Waals surface area contributed by atoms with Gasteiger partial charge < -0.3 is 13.9 Å². The minimum Gasteiger partial charge on any atom is -0.436 e. The van der Waals surface area contributed by atoms with E-state index in [1.807, 2.05) is 60.7 Å². The normalized spacial score (nSPS) is 12.4. The van der Waals surface area contributed by atoms with Crippen LogP contribution in [0.3, 0.4) is 0 Å². The number of aromatic nitrogens is 1. The van der Waals surface area contributed by atoms with Gasteiger partial charge in [-0.3, -0.25) is 4.79 Å². The highest BCUT2D eigenvalue weighted by molar-refractivity contribution is 6.67. The zero-order valence-corrected chi connectivity index (χ0v) is 21.9. The van der Waals surface area contributed by atoms with E-state index in [-0.39, 0.29) is 12.2 Å². The summed E-state index contributed by atoms with van der Waals surface area (Å²) in [5, 5.41) is 0. The third kappa shape index (κ3) is 9.34. The molecule has 6 nitrogen and oxygen atoms in total. The molecular formula is C27H26Cl3NO5. The van der Waals surface area contributed by atoms with E-state index >= 15 is 0 Å². The number of allylic oxidation sites excluding steroid dienone is 2. The number of carbonyl (C=O) groups excluding carboxylic acids is 2. The molecule has 190 valence electrons. The maximum Gasteiger partial charge on any atom is 0.508 e. The van der Waals surface area contributed by atoms with Gasteiger partial charge in [-0.15, -0.1) is 0 Å². The van der Waals surface area contributed by atoms with Crippen molar-refractivity contribution in [3.63, 3.8) is 0 Å². The average Bonchev–Trinajstić information content (AvgIpc) is 3.29. The predicted octanol–water partition coefficient (Wildman–Crippen LogP) is 7.76. The lowest BCUT2D eigenvalue weighted by Crippen LogP contribution is -2.21. The first-order valence-electron chi connectivity index (χ1n) is 11.4. The Morgan fingerprint density at radius 2 is 1.67 bits per heavy atom. The third-order valence-electron chi connectivity index (χ3n) is 5.06. The van der Waals surface area contributed by atoms with Crippen LogP contribution in [-0.2, 0) is 20.7 Å². The van der Waals surface area contributed by atoms with Crippen molar-refractivity contribution in [1.82, 2.24) is 4.98 Å². The molecule has 3 aromatic rings. The van der Waals surface area contributed by atoms with Crippen LogP contribution in [0, 0.1) is 0 Å². The summed E-state index contributed by atoms with van der Waals surface area (Å²) < 4.78 is 14.2. The molecule has 0 radical (unpaired) electrons. The highest BCUT2D eigenvalue weighted by Crippen LogP contribution is 2.30. The van der Waals surface area contributed by atoms with E-state index < -0.39 is 22.7 Å². The van der Waals surface area contributed by atoms with Gasteiger partial charge in [0.2, 0.25) is 9.68 Å². The number of ether oxygens (including phenoxy) is 2. The molecule has 0 fully saturated rings. The predicted molar refractivity (Wildman–Crippen MR) is 141 cm³/mol. The summed E-state index contributed by atoms with van der Waals surface area (Å²) in [6.07, 6.45) is 3.74. The Bertz CT molecular complexity index is 1160. The first-order chi connectivity index (χ1) is 17.2. The fourth-order valence-corrected chi connectivity index (χ4v) is 3.47. The topological polar surface area (TPSA) is 78.6 Å². The molecule has 1 atom stereocenters. The number of rotatable bonds is 11. The molecule has 0 aliphatic rings. The van der Waals surface area contributed by atoms with Crippen molar-refractivity contribution in [2.24, 2.45) is 0 Å². The summed E-state index contributed by atoms with van der Waals surface area (Å²) in [5.74, 6) is 1.15. The van der Waals surface area contributed by atoms with Crippen LogP contribution in [0.2, 0.25) is 0 Å². The largest absolute Gasteiger partial charge is 0.508 e. The number of aryl methyl sites for hydroxylation is 1. The lowest BCUT2D eigenvalue weighted by molar-refractivity contribution is -0.114. The standard InChI is InChI=1S/C27H26Cl3NO5/c1-19(35-26(33)34-18-27(28,29)30)10-8-9-15-22(32)16-17-23-24(20-11-4-2-5-12-20)36-25(31-23)21-13-6-3-7-14-21/h2-7,9,11-15,19H,8,10,16-18H2,1H3/b15-9+. The summed E-state index contributed by atoms with van der Waals surface area (Å²) >= 11 is 16.6. The van der Waals surface area contributed by atoms with Crippen LogP contribution in [-0.4, -0.2) is 33.4 Å². The van der Waals surface area contributed by atoms with Crippen molar-refractivity contribution in [2.75, 3.05) is 6.61 Å². The van der Waals surface area contributed by atoms with Crippen LogP contribution < -0.4 is 0 Å². The zero-order valence-electron chi connectivity index (χ0n) is 19.7. The number of carbonyl (C=O) groups is 2. The molecule has 0 N–H and O–H groups in total. The van der Waals surface area contributed by atoms with Crippen LogP contribution >= 0.6 is 34.8 Å². The Kier molecular flexibility index (Phi) is 10.4. The monoisotopic (exact) mass is 549 g/mol. The Balaban J connectivity index is 1.51. The average molecular weight is 551 g/mol. The van der Waals surface area contributed by atoms with E-state index in [0.717, 1.165) is 16.8 Å². The lowest BCUT2D eigenvalue weighted by Gasteiger charge is -2.14. The molecule has 1 heterocycles. The molecule has 3 rings (SSSR count). The molecule has 0 aliphatic carbocycles. The van der Waals surface area contributed by atoms with Crippen LogP contribution in [0.4, 0.5) is 4.79 Å². The Labute approximate surface area is 225 Å². The maximum absolute atomic E-state index is 12.5. The maximum atomic E-state index is 12.5. The van der Waals surface area contributed by atoms with Crippen LogP contribution in [0.5, 0.6) is 0 Å². The molecule has 9 heteroatoms. The van der Waals surface area contributed by atoms with E-state index in [2.05, 4.69) is 4.98 Å². The van der Waals surface area contributed by atoms with Crippen molar-refractivity contribution < 1.29 is 23.5 Å². The quantitative estimate of drug-likeness (QED) is 0.138. The fourth-order valence-electron chi connectivity index (χ4n) is 3.31. The van der Waals surface area contributed by atoms with Crippen LogP contribution in [0.1, 0.15) is 31.9 Å². The van der Waals surface area contributed by atoms with E-state index in [1.54, 1.807) is 13.0 Å². The van der Waals surface area contributed by atoms with Gasteiger partial charge in [-0.2, -0.15) is 0 Å². The molecule has 0 amide bonds. The van der Waals surface area contributed by atoms with Crippen molar-refractivity contribution in [1.29, 1.82) is 0 Å². The van der Waals surface area contributed by atoms with Crippen LogP contribution in [0.25, 0.3) is 22.8 Å².